The average molecular weight is 210 g/mol. The number of hydrogen-bond acceptors (Lipinski definition) is 3. The van der Waals surface area contributed by atoms with Crippen LogP contribution < -0.4 is 4.90 Å². The normalized spacial score (nSPS) is 20.3. The lowest BCUT2D eigenvalue weighted by Gasteiger charge is -2.42. The van der Waals surface area contributed by atoms with Crippen LogP contribution in [0.25, 0.3) is 0 Å². The molecule has 0 unspecified atom stereocenters. The summed E-state index contributed by atoms with van der Waals surface area (Å²) in [6, 6.07) is 4.87. The van der Waals surface area contributed by atoms with E-state index in [4.69, 9.17) is 4.74 Å². The quantitative estimate of drug-likeness (QED) is 0.661. The lowest BCUT2D eigenvalue weighted by Crippen LogP contribution is -2.53. The summed E-state index contributed by atoms with van der Waals surface area (Å²) in [5, 5.41) is 0. The minimum absolute atomic E-state index is 0.126. The molecule has 0 amide bonds. The number of anilines is 1. The molecule has 0 N–H and O–H groups in total. The van der Waals surface area contributed by atoms with Crippen molar-refractivity contribution in [1.29, 1.82) is 0 Å². The van der Waals surface area contributed by atoms with Gasteiger partial charge in [-0.3, -0.25) is 0 Å². The van der Waals surface area contributed by atoms with E-state index in [9.17, 15) is 4.39 Å². The molecule has 1 aliphatic rings. The average Bonchev–Trinajstić information content (AvgIpc) is 2.17. The van der Waals surface area contributed by atoms with Gasteiger partial charge in [-0.1, -0.05) is 6.07 Å². The van der Waals surface area contributed by atoms with Crippen LogP contribution in [0.5, 0.6) is 0 Å². The topological polar surface area (TPSA) is 25.4 Å². The van der Waals surface area contributed by atoms with E-state index in [2.05, 4.69) is 23.7 Å². The first-order chi connectivity index (χ1) is 7.09. The molecular formula is C11H15FN2O. The van der Waals surface area contributed by atoms with E-state index in [0.29, 0.717) is 19.0 Å². The van der Waals surface area contributed by atoms with Gasteiger partial charge in [-0.25, -0.2) is 4.98 Å². The molecule has 0 radical (unpaired) electrons. The van der Waals surface area contributed by atoms with Crippen molar-refractivity contribution in [2.24, 2.45) is 0 Å². The number of morpholine rings is 1. The van der Waals surface area contributed by atoms with Crippen molar-refractivity contribution in [3.63, 3.8) is 0 Å². The number of hydrogen-bond donors (Lipinski definition) is 0. The van der Waals surface area contributed by atoms with Crippen LogP contribution in [0.1, 0.15) is 13.8 Å². The first-order valence-electron chi connectivity index (χ1n) is 5.07. The molecule has 1 fully saturated rings. The van der Waals surface area contributed by atoms with Crippen LogP contribution in [0.15, 0.2) is 18.2 Å². The summed E-state index contributed by atoms with van der Waals surface area (Å²) < 4.78 is 18.4. The standard InChI is InChI=1S/C11H15FN2O/c1-11(2)8-15-7-6-14(11)10-5-3-4-9(12)13-10/h3-5H,6-8H2,1-2H3. The SMILES string of the molecule is CC1(C)COCCN1c1cccc(F)n1. The van der Waals surface area contributed by atoms with E-state index >= 15 is 0 Å². The Bertz CT molecular complexity index is 354. The zero-order valence-electron chi connectivity index (χ0n) is 9.03. The molecule has 2 heterocycles. The van der Waals surface area contributed by atoms with Gasteiger partial charge in [0.15, 0.2) is 0 Å². The van der Waals surface area contributed by atoms with Gasteiger partial charge in [0.25, 0.3) is 0 Å². The Labute approximate surface area is 88.9 Å². The number of nitrogens with zero attached hydrogens (tertiary/aromatic N) is 2. The van der Waals surface area contributed by atoms with Crippen LogP contribution in [0, 0.1) is 5.95 Å². The molecule has 0 saturated carbocycles. The van der Waals surface area contributed by atoms with Gasteiger partial charge in [-0.2, -0.15) is 4.39 Å². The maximum Gasteiger partial charge on any atom is 0.214 e. The van der Waals surface area contributed by atoms with Crippen LogP contribution in [0.2, 0.25) is 0 Å². The molecule has 0 atom stereocenters. The highest BCUT2D eigenvalue weighted by Crippen LogP contribution is 2.24. The van der Waals surface area contributed by atoms with Gasteiger partial charge in [0.05, 0.1) is 18.8 Å². The monoisotopic (exact) mass is 210 g/mol. The van der Waals surface area contributed by atoms with Crippen LogP contribution in [-0.4, -0.2) is 30.3 Å². The Hall–Kier alpha value is -1.16. The van der Waals surface area contributed by atoms with Gasteiger partial charge in [-0.15, -0.1) is 0 Å². The molecule has 3 nitrogen and oxygen atoms in total. The van der Waals surface area contributed by atoms with E-state index in [1.165, 1.54) is 6.07 Å². The first-order valence-corrected chi connectivity index (χ1v) is 5.07. The number of halogens is 1. The van der Waals surface area contributed by atoms with Gasteiger partial charge < -0.3 is 9.64 Å². The van der Waals surface area contributed by atoms with Gasteiger partial charge in [-0.05, 0) is 26.0 Å². The summed E-state index contributed by atoms with van der Waals surface area (Å²) in [6.07, 6.45) is 0. The fourth-order valence-electron chi connectivity index (χ4n) is 1.83. The van der Waals surface area contributed by atoms with E-state index in [0.717, 1.165) is 6.54 Å². The Morgan fingerprint density at radius 3 is 2.93 bits per heavy atom. The van der Waals surface area contributed by atoms with Gasteiger partial charge in [0.2, 0.25) is 5.95 Å². The van der Waals surface area contributed by atoms with E-state index < -0.39 is 5.95 Å². The third kappa shape index (κ3) is 2.09. The predicted octanol–water partition coefficient (Wildman–Crippen LogP) is 1.84. The van der Waals surface area contributed by atoms with Crippen molar-refractivity contribution >= 4 is 5.82 Å². The summed E-state index contributed by atoms with van der Waals surface area (Å²) in [5.41, 5.74) is -0.126. The van der Waals surface area contributed by atoms with Gasteiger partial charge in [0, 0.05) is 6.54 Å². The Morgan fingerprint density at radius 2 is 2.27 bits per heavy atom. The maximum atomic E-state index is 13.0. The molecule has 4 heteroatoms. The summed E-state index contributed by atoms with van der Waals surface area (Å²) in [5.74, 6) is 0.248. The molecule has 1 saturated heterocycles. The van der Waals surface area contributed by atoms with Gasteiger partial charge in [0.1, 0.15) is 5.82 Å². The Balaban J connectivity index is 2.29. The number of rotatable bonds is 1. The molecule has 0 bridgehead atoms. The number of pyridine rings is 1. The van der Waals surface area contributed by atoms with Crippen molar-refractivity contribution in [3.8, 4) is 0 Å². The second kappa shape index (κ2) is 3.77. The fourth-order valence-corrected chi connectivity index (χ4v) is 1.83. The first kappa shape index (κ1) is 10.4. The fraction of sp³-hybridized carbons (Fsp3) is 0.545. The molecule has 0 aliphatic carbocycles. The second-order valence-electron chi connectivity index (χ2n) is 4.34. The molecule has 82 valence electrons. The summed E-state index contributed by atoms with van der Waals surface area (Å²) in [4.78, 5) is 5.98. The van der Waals surface area contributed by atoms with Crippen LogP contribution in [0.4, 0.5) is 10.2 Å². The molecule has 2 rings (SSSR count). The third-order valence-corrected chi connectivity index (χ3v) is 2.62. The predicted molar refractivity (Wildman–Crippen MR) is 56.4 cm³/mol. The zero-order chi connectivity index (χ0) is 10.9. The summed E-state index contributed by atoms with van der Waals surface area (Å²) in [6.45, 7) is 6.20. The molecular weight excluding hydrogens is 195 g/mol. The Kier molecular flexibility index (Phi) is 2.61. The van der Waals surface area contributed by atoms with Crippen molar-refractivity contribution in [1.82, 2.24) is 4.98 Å². The smallest absolute Gasteiger partial charge is 0.214 e. The highest BCUT2D eigenvalue weighted by molar-refractivity contribution is 5.41. The largest absolute Gasteiger partial charge is 0.377 e. The lowest BCUT2D eigenvalue weighted by molar-refractivity contribution is 0.0638. The van der Waals surface area contributed by atoms with E-state index in [1.807, 2.05) is 6.07 Å². The van der Waals surface area contributed by atoms with Crippen LogP contribution in [-0.2, 0) is 4.74 Å². The van der Waals surface area contributed by atoms with Gasteiger partial charge >= 0.3 is 0 Å². The van der Waals surface area contributed by atoms with Crippen molar-refractivity contribution < 1.29 is 9.13 Å². The van der Waals surface area contributed by atoms with Crippen molar-refractivity contribution in [2.75, 3.05) is 24.7 Å². The Morgan fingerprint density at radius 1 is 1.47 bits per heavy atom. The third-order valence-electron chi connectivity index (χ3n) is 2.62. The second-order valence-corrected chi connectivity index (χ2v) is 4.34. The number of aromatic nitrogens is 1. The highest BCUT2D eigenvalue weighted by atomic mass is 19.1. The number of ether oxygens (including phenoxy) is 1. The minimum Gasteiger partial charge on any atom is -0.377 e. The van der Waals surface area contributed by atoms with E-state index in [-0.39, 0.29) is 5.54 Å². The van der Waals surface area contributed by atoms with Crippen molar-refractivity contribution in [2.45, 2.75) is 19.4 Å². The summed E-state index contributed by atoms with van der Waals surface area (Å²) >= 11 is 0. The molecule has 1 aromatic heterocycles. The highest BCUT2D eigenvalue weighted by Gasteiger charge is 2.31. The molecule has 1 aliphatic heterocycles. The molecule has 15 heavy (non-hydrogen) atoms. The maximum absolute atomic E-state index is 13.0. The molecule has 0 aromatic carbocycles. The van der Waals surface area contributed by atoms with Crippen LogP contribution >= 0.6 is 0 Å². The molecule has 1 aromatic rings. The lowest BCUT2D eigenvalue weighted by atomic mass is 10.0. The minimum atomic E-state index is -0.435. The van der Waals surface area contributed by atoms with Crippen molar-refractivity contribution in [3.05, 3.63) is 24.1 Å². The van der Waals surface area contributed by atoms with Crippen LogP contribution in [0.3, 0.4) is 0 Å². The summed E-state index contributed by atoms with van der Waals surface area (Å²) in [7, 11) is 0. The zero-order valence-corrected chi connectivity index (χ0v) is 9.03. The van der Waals surface area contributed by atoms with E-state index in [1.54, 1.807) is 6.07 Å². The molecule has 0 spiro atoms.